The van der Waals surface area contributed by atoms with Crippen molar-refractivity contribution in [3.05, 3.63) is 66.2 Å². The van der Waals surface area contributed by atoms with Gasteiger partial charge < -0.3 is 5.11 Å². The first kappa shape index (κ1) is 18.2. The Labute approximate surface area is 138 Å². The molecule has 1 unspecified atom stereocenters. The summed E-state index contributed by atoms with van der Waals surface area (Å²) in [5, 5.41) is 9.46. The minimum Gasteiger partial charge on any atom is -0.377 e. The molecule has 2 aromatic rings. The lowest BCUT2D eigenvalue weighted by Gasteiger charge is -2.22. The second kappa shape index (κ2) is 6.41. The van der Waals surface area contributed by atoms with Crippen LogP contribution in [0.4, 0.5) is 13.2 Å². The lowest BCUT2D eigenvalue weighted by molar-refractivity contribution is -0.232. The van der Waals surface area contributed by atoms with E-state index in [0.717, 1.165) is 6.08 Å². The number of hydrogen-bond donors (Lipinski definition) is 1. The Balaban J connectivity index is 2.50. The lowest BCUT2D eigenvalue weighted by atomic mass is 10.0. The van der Waals surface area contributed by atoms with Gasteiger partial charge in [-0.3, -0.25) is 0 Å². The monoisotopic (exact) mass is 356 g/mol. The van der Waals surface area contributed by atoms with Crippen LogP contribution in [0.15, 0.2) is 70.5 Å². The number of sulfone groups is 1. The Morgan fingerprint density at radius 3 is 2.08 bits per heavy atom. The van der Waals surface area contributed by atoms with E-state index >= 15 is 0 Å². The maximum Gasteiger partial charge on any atom is 0.420 e. The molecule has 2 rings (SSSR count). The van der Waals surface area contributed by atoms with Crippen LogP contribution in [0.25, 0.3) is 6.08 Å². The summed E-state index contributed by atoms with van der Waals surface area (Å²) in [5.41, 5.74) is -3.00. The summed E-state index contributed by atoms with van der Waals surface area (Å²) in [5.74, 6) is 0. The van der Waals surface area contributed by atoms with E-state index in [0.29, 0.717) is 13.0 Å². The normalized spacial score (nSPS) is 15.4. The highest BCUT2D eigenvalue weighted by Crippen LogP contribution is 2.32. The van der Waals surface area contributed by atoms with Crippen LogP contribution in [0.5, 0.6) is 0 Å². The number of hydrogen-bond acceptors (Lipinski definition) is 3. The van der Waals surface area contributed by atoms with Crippen LogP contribution in [0.1, 0.15) is 12.5 Å². The average molecular weight is 356 g/mol. The van der Waals surface area contributed by atoms with Crippen molar-refractivity contribution in [2.75, 3.05) is 0 Å². The Morgan fingerprint density at radius 1 is 0.958 bits per heavy atom. The highest BCUT2D eigenvalue weighted by Gasteiger charge is 2.47. The van der Waals surface area contributed by atoms with Crippen molar-refractivity contribution in [2.45, 2.75) is 28.5 Å². The Morgan fingerprint density at radius 2 is 1.50 bits per heavy atom. The smallest absolute Gasteiger partial charge is 0.377 e. The molecule has 2 aromatic carbocycles. The molecule has 0 aromatic heterocycles. The zero-order chi connectivity index (χ0) is 18.0. The fourth-order valence-corrected chi connectivity index (χ4v) is 3.41. The summed E-state index contributed by atoms with van der Waals surface area (Å²) >= 11 is 0. The van der Waals surface area contributed by atoms with Crippen LogP contribution >= 0.6 is 0 Å². The fourth-order valence-electron chi connectivity index (χ4n) is 1.94. The summed E-state index contributed by atoms with van der Waals surface area (Å²) in [4.78, 5) is -0.0983. The summed E-state index contributed by atoms with van der Waals surface area (Å²) < 4.78 is 63.5. The van der Waals surface area contributed by atoms with Crippen molar-refractivity contribution in [2.24, 2.45) is 0 Å². The van der Waals surface area contributed by atoms with E-state index in [1.54, 1.807) is 18.2 Å². The van der Waals surface area contributed by atoms with Crippen LogP contribution in [-0.4, -0.2) is 25.3 Å². The van der Waals surface area contributed by atoms with Crippen LogP contribution in [0.2, 0.25) is 0 Å². The van der Waals surface area contributed by atoms with E-state index in [1.165, 1.54) is 36.4 Å². The molecule has 7 heteroatoms. The number of benzene rings is 2. The summed E-state index contributed by atoms with van der Waals surface area (Å²) in [6, 6.07) is 13.2. The molecular formula is C17H15F3O3S. The molecule has 0 aliphatic rings. The van der Waals surface area contributed by atoms with Gasteiger partial charge in [-0.2, -0.15) is 13.2 Å². The first-order valence-electron chi connectivity index (χ1n) is 6.93. The van der Waals surface area contributed by atoms with Gasteiger partial charge in [0.2, 0.25) is 9.84 Å². The van der Waals surface area contributed by atoms with Gasteiger partial charge in [0.1, 0.15) is 0 Å². The second-order valence-electron chi connectivity index (χ2n) is 5.33. The van der Waals surface area contributed by atoms with Gasteiger partial charge in [0.15, 0.2) is 5.60 Å². The molecule has 24 heavy (non-hydrogen) atoms. The van der Waals surface area contributed by atoms with Crippen molar-refractivity contribution in [1.82, 2.24) is 0 Å². The van der Waals surface area contributed by atoms with Crippen molar-refractivity contribution in [3.63, 3.8) is 0 Å². The molecule has 1 atom stereocenters. The van der Waals surface area contributed by atoms with Crippen LogP contribution in [-0.2, 0) is 9.84 Å². The first-order valence-corrected chi connectivity index (χ1v) is 8.41. The van der Waals surface area contributed by atoms with Crippen molar-refractivity contribution in [1.29, 1.82) is 0 Å². The Kier molecular flexibility index (Phi) is 4.87. The van der Waals surface area contributed by atoms with Gasteiger partial charge in [-0.25, -0.2) is 8.42 Å². The summed E-state index contributed by atoms with van der Waals surface area (Å²) in [6.07, 6.45) is -3.37. The second-order valence-corrected chi connectivity index (χ2v) is 7.25. The van der Waals surface area contributed by atoms with Gasteiger partial charge in [-0.15, -0.1) is 0 Å². The van der Waals surface area contributed by atoms with Gasteiger partial charge in [-0.05, 0) is 36.8 Å². The van der Waals surface area contributed by atoms with Gasteiger partial charge in [0, 0.05) is 0 Å². The van der Waals surface area contributed by atoms with Gasteiger partial charge in [-0.1, -0.05) is 42.5 Å². The number of rotatable bonds is 4. The third-order valence-corrected chi connectivity index (χ3v) is 5.27. The predicted octanol–water partition coefficient (Wildman–Crippen LogP) is 3.85. The minimum absolute atomic E-state index is 0.0356. The summed E-state index contributed by atoms with van der Waals surface area (Å²) in [7, 11) is -3.89. The molecule has 0 amide bonds. The third-order valence-electron chi connectivity index (χ3n) is 3.42. The molecule has 128 valence electrons. The van der Waals surface area contributed by atoms with Gasteiger partial charge in [0.05, 0.1) is 9.79 Å². The Bertz CT molecular complexity index is 839. The number of aliphatic hydroxyl groups is 1. The number of halogens is 3. The molecule has 0 heterocycles. The Hall–Kier alpha value is -2.12. The van der Waals surface area contributed by atoms with E-state index in [-0.39, 0.29) is 15.4 Å². The average Bonchev–Trinajstić information content (AvgIpc) is 2.53. The zero-order valence-corrected chi connectivity index (χ0v) is 13.5. The molecule has 0 radical (unpaired) electrons. The molecule has 0 saturated heterocycles. The lowest BCUT2D eigenvalue weighted by Crippen LogP contribution is -2.39. The highest BCUT2D eigenvalue weighted by molar-refractivity contribution is 7.91. The van der Waals surface area contributed by atoms with E-state index in [1.807, 2.05) is 0 Å². The molecule has 0 spiro atoms. The van der Waals surface area contributed by atoms with E-state index < -0.39 is 21.6 Å². The maximum atomic E-state index is 12.7. The van der Waals surface area contributed by atoms with Gasteiger partial charge >= 0.3 is 6.18 Å². The molecule has 0 saturated carbocycles. The van der Waals surface area contributed by atoms with Crippen LogP contribution < -0.4 is 0 Å². The molecule has 0 bridgehead atoms. The highest BCUT2D eigenvalue weighted by atomic mass is 32.2. The first-order chi connectivity index (χ1) is 11.1. The largest absolute Gasteiger partial charge is 0.420 e. The minimum atomic E-state index is -4.86. The fraction of sp³-hybridized carbons (Fsp3) is 0.176. The SMILES string of the molecule is CC(O)(/C=C/c1ccccc1S(=O)(=O)c1ccccc1)C(F)(F)F. The quantitative estimate of drug-likeness (QED) is 0.905. The molecular weight excluding hydrogens is 341 g/mol. The zero-order valence-electron chi connectivity index (χ0n) is 12.7. The van der Waals surface area contributed by atoms with Crippen LogP contribution in [0.3, 0.4) is 0 Å². The standard InChI is InChI=1S/C17H15F3O3S/c1-16(21,17(18,19)20)12-11-13-7-5-6-10-15(13)24(22,23)14-8-3-2-4-9-14/h2-12,21H,1H3/b12-11+. The molecule has 0 aliphatic heterocycles. The van der Waals surface area contributed by atoms with Crippen molar-refractivity contribution in [3.8, 4) is 0 Å². The topological polar surface area (TPSA) is 54.4 Å². The third kappa shape index (κ3) is 3.68. The molecule has 0 aliphatic carbocycles. The van der Waals surface area contributed by atoms with Crippen LogP contribution in [0, 0.1) is 0 Å². The van der Waals surface area contributed by atoms with Crippen molar-refractivity contribution >= 4 is 15.9 Å². The molecule has 3 nitrogen and oxygen atoms in total. The number of alkyl halides is 3. The summed E-state index contributed by atoms with van der Waals surface area (Å²) in [6.45, 7) is 0.595. The van der Waals surface area contributed by atoms with E-state index in [2.05, 4.69) is 0 Å². The maximum absolute atomic E-state index is 12.7. The van der Waals surface area contributed by atoms with E-state index in [9.17, 15) is 26.7 Å². The van der Waals surface area contributed by atoms with E-state index in [4.69, 9.17) is 0 Å². The van der Waals surface area contributed by atoms with Crippen molar-refractivity contribution < 1.29 is 26.7 Å². The van der Waals surface area contributed by atoms with Gasteiger partial charge in [0.25, 0.3) is 0 Å². The molecule has 0 fully saturated rings. The molecule has 1 N–H and O–H groups in total. The predicted molar refractivity (Wildman–Crippen MR) is 84.0 cm³/mol.